The summed E-state index contributed by atoms with van der Waals surface area (Å²) >= 11 is -0.146. The van der Waals surface area contributed by atoms with Gasteiger partial charge < -0.3 is 0 Å². The molecule has 2 aromatic rings. The zero-order valence-corrected chi connectivity index (χ0v) is 11.5. The van der Waals surface area contributed by atoms with Crippen molar-refractivity contribution in [1.82, 2.24) is 0 Å². The van der Waals surface area contributed by atoms with Crippen LogP contribution in [-0.2, 0) is 4.79 Å². The Labute approximate surface area is 111 Å². The van der Waals surface area contributed by atoms with Crippen molar-refractivity contribution in [3.05, 3.63) is 61.7 Å². The van der Waals surface area contributed by atoms with E-state index in [9.17, 15) is 4.79 Å². The van der Waals surface area contributed by atoms with Gasteiger partial charge in [0, 0.05) is 0 Å². The number of carbonyl (C=O) groups is 1. The molecule has 0 aromatic heterocycles. The maximum atomic E-state index is 10.8. The van der Waals surface area contributed by atoms with Gasteiger partial charge in [0.2, 0.25) is 0 Å². The van der Waals surface area contributed by atoms with Crippen molar-refractivity contribution in [1.29, 1.82) is 0 Å². The Balaban J connectivity index is 2.06. The Bertz CT molecular complexity index is 491. The molecule has 2 rings (SSSR count). The number of ether oxygens (including phenoxy) is 1. The van der Waals surface area contributed by atoms with Crippen LogP contribution in [0, 0.1) is 7.14 Å². The first-order valence-corrected chi connectivity index (χ1v) is 7.38. The van der Waals surface area contributed by atoms with E-state index < -0.39 is 0 Å². The van der Waals surface area contributed by atoms with Gasteiger partial charge in [-0.05, 0) is 0 Å². The van der Waals surface area contributed by atoms with Crippen molar-refractivity contribution in [2.24, 2.45) is 0 Å². The van der Waals surface area contributed by atoms with Gasteiger partial charge in [-0.15, -0.1) is 0 Å². The molecule has 0 bridgehead atoms. The molecule has 0 aliphatic carbocycles. The Morgan fingerprint density at radius 1 is 0.941 bits per heavy atom. The van der Waals surface area contributed by atoms with Gasteiger partial charge in [0.25, 0.3) is 0 Å². The van der Waals surface area contributed by atoms with Gasteiger partial charge in [0.1, 0.15) is 0 Å². The third kappa shape index (κ3) is 3.85. The van der Waals surface area contributed by atoms with Crippen molar-refractivity contribution in [3.63, 3.8) is 0 Å². The van der Waals surface area contributed by atoms with E-state index in [1.807, 2.05) is 30.3 Å². The predicted octanol–water partition coefficient (Wildman–Crippen LogP) is -0.260. The molecule has 0 fully saturated rings. The van der Waals surface area contributed by atoms with Crippen molar-refractivity contribution >= 4 is 5.97 Å². The summed E-state index contributed by atoms with van der Waals surface area (Å²) in [5.41, 5.74) is 0. The molecule has 0 amide bonds. The van der Waals surface area contributed by atoms with Gasteiger partial charge in [0.05, 0.1) is 0 Å². The van der Waals surface area contributed by atoms with Gasteiger partial charge in [-0.25, -0.2) is 0 Å². The van der Waals surface area contributed by atoms with E-state index >= 15 is 0 Å². The van der Waals surface area contributed by atoms with E-state index in [1.54, 1.807) is 0 Å². The fraction of sp³-hybridized carbons (Fsp3) is 0.0714. The summed E-state index contributed by atoms with van der Waals surface area (Å²) < 4.78 is 7.68. The van der Waals surface area contributed by atoms with Gasteiger partial charge in [-0.3, -0.25) is 0 Å². The topological polar surface area (TPSA) is 26.3 Å². The Hall–Kier alpha value is -1.36. The monoisotopic (exact) mass is 339 g/mol. The Morgan fingerprint density at radius 2 is 1.53 bits per heavy atom. The first-order valence-electron chi connectivity index (χ1n) is 5.22. The second kappa shape index (κ2) is 5.82. The number of benzene rings is 2. The SMILES string of the molecule is CC(=O)Oc1ccc([I-]c2ccccc2)cc1. The summed E-state index contributed by atoms with van der Waals surface area (Å²) in [7, 11) is 0. The first kappa shape index (κ1) is 12.1. The van der Waals surface area contributed by atoms with Crippen LogP contribution in [0.15, 0.2) is 54.6 Å². The molecule has 17 heavy (non-hydrogen) atoms. The first-order chi connectivity index (χ1) is 8.24. The number of hydrogen-bond acceptors (Lipinski definition) is 2. The zero-order valence-electron chi connectivity index (χ0n) is 9.39. The third-order valence-electron chi connectivity index (χ3n) is 2.03. The van der Waals surface area contributed by atoms with Crippen LogP contribution in [-0.4, -0.2) is 5.97 Å². The predicted molar refractivity (Wildman–Crippen MR) is 61.6 cm³/mol. The van der Waals surface area contributed by atoms with Crippen LogP contribution in [0.25, 0.3) is 0 Å². The van der Waals surface area contributed by atoms with Gasteiger partial charge in [0.15, 0.2) is 0 Å². The molecule has 0 saturated carbocycles. The van der Waals surface area contributed by atoms with Gasteiger partial charge >= 0.3 is 111 Å². The minimum absolute atomic E-state index is 0.146. The molecule has 0 atom stereocenters. The quantitative estimate of drug-likeness (QED) is 0.438. The molecule has 0 radical (unpaired) electrons. The number of rotatable bonds is 3. The molecule has 0 aliphatic heterocycles. The molecule has 2 nitrogen and oxygen atoms in total. The third-order valence-corrected chi connectivity index (χ3v) is 4.71. The summed E-state index contributed by atoms with van der Waals surface area (Å²) in [5, 5.41) is 0. The zero-order chi connectivity index (χ0) is 12.1. The van der Waals surface area contributed by atoms with Crippen LogP contribution in [0.1, 0.15) is 6.92 Å². The van der Waals surface area contributed by atoms with Crippen LogP contribution in [0.4, 0.5) is 0 Å². The second-order valence-corrected chi connectivity index (χ2v) is 6.47. The molecule has 0 heterocycles. The van der Waals surface area contributed by atoms with E-state index in [4.69, 9.17) is 4.74 Å². The summed E-state index contributed by atoms with van der Waals surface area (Å²) in [6.07, 6.45) is 0. The van der Waals surface area contributed by atoms with E-state index in [2.05, 4.69) is 24.3 Å². The summed E-state index contributed by atoms with van der Waals surface area (Å²) in [4.78, 5) is 10.8. The van der Waals surface area contributed by atoms with Crippen molar-refractivity contribution < 1.29 is 30.7 Å². The number of esters is 1. The molecule has 0 N–H and O–H groups in total. The molecule has 88 valence electrons. The fourth-order valence-corrected chi connectivity index (χ4v) is 3.55. The molecule has 3 heteroatoms. The van der Waals surface area contributed by atoms with E-state index in [1.165, 1.54) is 14.1 Å². The van der Waals surface area contributed by atoms with Crippen LogP contribution in [0.2, 0.25) is 0 Å². The number of halogens is 1. The number of carbonyl (C=O) groups excluding carboxylic acids is 1. The molecule has 0 aliphatic rings. The fourth-order valence-electron chi connectivity index (χ4n) is 1.34. The molecule has 0 unspecified atom stereocenters. The molecular formula is C14H12IO2-. The van der Waals surface area contributed by atoms with E-state index in [0.717, 1.165) is 0 Å². The van der Waals surface area contributed by atoms with Gasteiger partial charge in [-0.2, -0.15) is 0 Å². The van der Waals surface area contributed by atoms with Crippen LogP contribution < -0.4 is 25.9 Å². The standard InChI is InChI=1S/C14H12IO2/c1-11(16)17-14-9-7-13(8-10-14)15-12-5-3-2-4-6-12/h2-10H,1H3/q-1. The van der Waals surface area contributed by atoms with E-state index in [-0.39, 0.29) is 27.2 Å². The maximum absolute atomic E-state index is 10.8. The number of hydrogen-bond donors (Lipinski definition) is 0. The molecule has 2 aromatic carbocycles. The molecule has 0 spiro atoms. The van der Waals surface area contributed by atoms with Crippen LogP contribution in [0.3, 0.4) is 0 Å². The molecule has 0 saturated heterocycles. The van der Waals surface area contributed by atoms with E-state index in [0.29, 0.717) is 5.75 Å². The summed E-state index contributed by atoms with van der Waals surface area (Å²) in [6, 6.07) is 18.2. The van der Waals surface area contributed by atoms with Gasteiger partial charge in [-0.1, -0.05) is 0 Å². The van der Waals surface area contributed by atoms with Crippen LogP contribution in [0.5, 0.6) is 5.75 Å². The average Bonchev–Trinajstić information content (AvgIpc) is 2.32. The average molecular weight is 339 g/mol. The van der Waals surface area contributed by atoms with Crippen molar-refractivity contribution in [3.8, 4) is 5.75 Å². The Kier molecular flexibility index (Phi) is 4.14. The summed E-state index contributed by atoms with van der Waals surface area (Å²) in [5.74, 6) is 0.328. The van der Waals surface area contributed by atoms with Crippen molar-refractivity contribution in [2.75, 3.05) is 0 Å². The minimum atomic E-state index is -0.282. The molecular weight excluding hydrogens is 327 g/mol. The van der Waals surface area contributed by atoms with Crippen molar-refractivity contribution in [2.45, 2.75) is 6.92 Å². The second-order valence-electron chi connectivity index (χ2n) is 3.44. The van der Waals surface area contributed by atoms with Crippen LogP contribution >= 0.6 is 0 Å². The summed E-state index contributed by atoms with van der Waals surface area (Å²) in [6.45, 7) is 1.41. The normalized spacial score (nSPS) is 10.2. The Morgan fingerprint density at radius 3 is 2.12 bits per heavy atom.